The summed E-state index contributed by atoms with van der Waals surface area (Å²) < 4.78 is 33.0. The highest BCUT2D eigenvalue weighted by atomic mass is 32.3. The maximum atomic E-state index is 11.4. The van der Waals surface area contributed by atoms with E-state index in [1.54, 1.807) is 12.5 Å². The van der Waals surface area contributed by atoms with Crippen LogP contribution in [0.4, 0.5) is 0 Å². The summed E-state index contributed by atoms with van der Waals surface area (Å²) in [6, 6.07) is 0. The van der Waals surface area contributed by atoms with Gasteiger partial charge < -0.3 is 0 Å². The summed E-state index contributed by atoms with van der Waals surface area (Å²) in [6.07, 6.45) is 4.83. The molecule has 0 aliphatic heterocycles. The van der Waals surface area contributed by atoms with Crippen LogP contribution < -0.4 is 0 Å². The number of unbranched alkanes of at least 4 members (excludes halogenated alkanes) is 1. The van der Waals surface area contributed by atoms with E-state index in [9.17, 15) is 8.42 Å². The van der Waals surface area contributed by atoms with Gasteiger partial charge in [0.25, 0.3) is 10.1 Å². The van der Waals surface area contributed by atoms with Crippen LogP contribution in [0.1, 0.15) is 26.7 Å². The van der Waals surface area contributed by atoms with Crippen LogP contribution in [-0.4, -0.2) is 33.3 Å². The minimum absolute atomic E-state index is 0.0764. The minimum atomic E-state index is -3.41. The molecule has 0 aliphatic carbocycles. The van der Waals surface area contributed by atoms with Gasteiger partial charge in [0.05, 0.1) is 12.4 Å². The van der Waals surface area contributed by atoms with Gasteiger partial charge in [0.2, 0.25) is 0 Å². The van der Waals surface area contributed by atoms with Gasteiger partial charge in [-0.3, -0.25) is 4.18 Å². The maximum absolute atomic E-state index is 11.4. The number of hydrogen-bond acceptors (Lipinski definition) is 4. The number of rotatable bonds is 7. The van der Waals surface area contributed by atoms with E-state index in [0.29, 0.717) is 13.0 Å². The molecule has 0 spiro atoms. The Hall–Kier alpha value is 0.220. The third-order valence-electron chi connectivity index (χ3n) is 1.42. The second kappa shape index (κ2) is 5.95. The Labute approximate surface area is 88.8 Å². The van der Waals surface area contributed by atoms with E-state index in [0.717, 1.165) is 6.42 Å². The fourth-order valence-electron chi connectivity index (χ4n) is 0.908. The average molecular weight is 244 g/mol. The van der Waals surface area contributed by atoms with Crippen LogP contribution in [-0.2, 0) is 17.9 Å². The van der Waals surface area contributed by atoms with Crippen molar-refractivity contribution in [2.45, 2.75) is 26.7 Å². The largest absolute Gasteiger partial charge is 0.285 e. The molecule has 0 bridgehead atoms. The first-order valence-corrected chi connectivity index (χ1v) is 8.52. The number of hydrogen-bond donors (Lipinski definition) is 0. The van der Waals surface area contributed by atoms with Crippen LogP contribution in [0.3, 0.4) is 0 Å². The first-order chi connectivity index (χ1) is 6.33. The summed E-state index contributed by atoms with van der Waals surface area (Å²) in [5.41, 5.74) is 0. The van der Waals surface area contributed by atoms with E-state index in [-0.39, 0.29) is 5.75 Å². The molecule has 0 fully saturated rings. The second-order valence-corrected chi connectivity index (χ2v) is 7.82. The molecule has 4 nitrogen and oxygen atoms in total. The molecule has 0 aromatic carbocycles. The molecule has 0 aromatic rings. The van der Waals surface area contributed by atoms with Crippen LogP contribution in [0.25, 0.3) is 0 Å². The predicted octanol–water partition coefficient (Wildman–Crippen LogP) is 2.06. The Kier molecular flexibility index (Phi) is 6.04. The Morgan fingerprint density at radius 3 is 2.14 bits per heavy atom. The highest BCUT2D eigenvalue weighted by molar-refractivity contribution is 8.28. The van der Waals surface area contributed by atoms with Crippen molar-refractivity contribution in [1.29, 1.82) is 0 Å². The quantitative estimate of drug-likeness (QED) is 0.688. The lowest BCUT2D eigenvalue weighted by Crippen LogP contribution is -2.15. The summed E-state index contributed by atoms with van der Waals surface area (Å²) >= 11 is 0. The van der Waals surface area contributed by atoms with Gasteiger partial charge in [0, 0.05) is 12.5 Å². The average Bonchev–Trinajstić information content (AvgIpc) is 1.98. The van der Waals surface area contributed by atoms with E-state index in [1.807, 2.05) is 13.8 Å². The molecule has 0 unspecified atom stereocenters. The van der Waals surface area contributed by atoms with Gasteiger partial charge >= 0.3 is 0 Å². The van der Waals surface area contributed by atoms with E-state index in [2.05, 4.69) is 0 Å². The molecular formula is C8H20O4S2. The zero-order valence-electron chi connectivity index (χ0n) is 9.28. The molecule has 0 aliphatic rings. The smallest absolute Gasteiger partial charge is 0.284 e. The first kappa shape index (κ1) is 14.2. The van der Waals surface area contributed by atoms with Crippen LogP contribution in [0.2, 0.25) is 0 Å². The molecule has 14 heavy (non-hydrogen) atoms. The van der Waals surface area contributed by atoms with Gasteiger partial charge in [-0.2, -0.15) is 22.6 Å². The fraction of sp³-hybridized carbons (Fsp3) is 1.00. The summed E-state index contributed by atoms with van der Waals surface area (Å²) in [6.45, 7) is 4.22. The van der Waals surface area contributed by atoms with Gasteiger partial charge in [0.1, 0.15) is 0 Å². The molecule has 0 amide bonds. The van der Waals surface area contributed by atoms with E-state index >= 15 is 0 Å². The highest BCUT2D eigenvalue weighted by Gasteiger charge is 2.19. The molecule has 88 valence electrons. The molecule has 0 saturated heterocycles. The molecule has 0 radical (unpaired) electrons. The summed E-state index contributed by atoms with van der Waals surface area (Å²) in [5, 5.41) is 0. The van der Waals surface area contributed by atoms with Crippen molar-refractivity contribution in [3.8, 4) is 0 Å². The van der Waals surface area contributed by atoms with Gasteiger partial charge in [-0.15, -0.1) is 0 Å². The lowest BCUT2D eigenvalue weighted by atomic mass is 10.4. The van der Waals surface area contributed by atoms with Crippen LogP contribution in [0.15, 0.2) is 0 Å². The summed E-state index contributed by atoms with van der Waals surface area (Å²) in [5.74, 6) is 0.0764. The molecule has 0 saturated carbocycles. The Bertz CT molecular complexity index is 246. The van der Waals surface area contributed by atoms with Crippen molar-refractivity contribution in [3.63, 3.8) is 0 Å². The van der Waals surface area contributed by atoms with E-state index < -0.39 is 20.7 Å². The maximum Gasteiger partial charge on any atom is 0.285 e. The zero-order valence-corrected chi connectivity index (χ0v) is 10.9. The standard InChI is InChI=1S/C8H20O4S2/c1-5-7-8-14(9,10)12-13(3,4)11-6-2/h5-8H2,1-4H3. The predicted molar refractivity (Wildman–Crippen MR) is 60.8 cm³/mol. The van der Waals surface area contributed by atoms with Crippen LogP contribution in [0.5, 0.6) is 0 Å². The molecule has 0 rings (SSSR count). The Balaban J connectivity index is 4.20. The molecule has 0 atom stereocenters. The highest BCUT2D eigenvalue weighted by Crippen LogP contribution is 2.44. The Morgan fingerprint density at radius 1 is 1.14 bits per heavy atom. The zero-order chi connectivity index (χ0) is 11.2. The lowest BCUT2D eigenvalue weighted by molar-refractivity contribution is 0.346. The van der Waals surface area contributed by atoms with Crippen LogP contribution in [0, 0.1) is 0 Å². The van der Waals surface area contributed by atoms with E-state index in [1.165, 1.54) is 0 Å². The van der Waals surface area contributed by atoms with Crippen molar-refractivity contribution in [3.05, 3.63) is 0 Å². The third-order valence-corrected chi connectivity index (χ3v) is 5.15. The molecule has 0 heterocycles. The van der Waals surface area contributed by atoms with Crippen molar-refractivity contribution < 1.29 is 16.2 Å². The van der Waals surface area contributed by atoms with E-state index in [4.69, 9.17) is 7.81 Å². The molecule has 6 heteroatoms. The minimum Gasteiger partial charge on any atom is -0.284 e. The normalized spacial score (nSPS) is 14.3. The molecule has 0 N–H and O–H groups in total. The Morgan fingerprint density at radius 2 is 1.71 bits per heavy atom. The molecule has 0 aromatic heterocycles. The van der Waals surface area contributed by atoms with Crippen molar-refractivity contribution in [2.75, 3.05) is 24.9 Å². The second-order valence-electron chi connectivity index (χ2n) is 3.23. The van der Waals surface area contributed by atoms with Crippen molar-refractivity contribution >= 4 is 20.7 Å². The van der Waals surface area contributed by atoms with Gasteiger partial charge in [-0.05, 0) is 13.3 Å². The lowest BCUT2D eigenvalue weighted by Gasteiger charge is -2.33. The van der Waals surface area contributed by atoms with Crippen LogP contribution >= 0.6 is 10.6 Å². The van der Waals surface area contributed by atoms with Gasteiger partial charge in [-0.1, -0.05) is 13.3 Å². The monoisotopic (exact) mass is 244 g/mol. The SMILES string of the molecule is CCCCS(=O)(=O)OS(C)(C)OCC. The van der Waals surface area contributed by atoms with Crippen molar-refractivity contribution in [2.24, 2.45) is 0 Å². The van der Waals surface area contributed by atoms with Crippen molar-refractivity contribution in [1.82, 2.24) is 0 Å². The summed E-state index contributed by atoms with van der Waals surface area (Å²) in [4.78, 5) is 0. The fourth-order valence-corrected chi connectivity index (χ4v) is 4.54. The molecular weight excluding hydrogens is 224 g/mol. The van der Waals surface area contributed by atoms with Gasteiger partial charge in [0.15, 0.2) is 0 Å². The topological polar surface area (TPSA) is 52.6 Å². The first-order valence-electron chi connectivity index (χ1n) is 4.64. The van der Waals surface area contributed by atoms with Gasteiger partial charge in [-0.25, -0.2) is 0 Å². The summed E-state index contributed by atoms with van der Waals surface area (Å²) in [7, 11) is -5.32. The third kappa shape index (κ3) is 6.64.